The first-order valence-electron chi connectivity index (χ1n) is 11.0. The summed E-state index contributed by atoms with van der Waals surface area (Å²) in [5, 5.41) is 5.66. The summed E-state index contributed by atoms with van der Waals surface area (Å²) in [6, 6.07) is 15.2. The van der Waals surface area contributed by atoms with E-state index in [0.717, 1.165) is 24.2 Å². The second-order valence-electron chi connectivity index (χ2n) is 8.54. The molecular weight excluding hydrogens is 406 g/mol. The Morgan fingerprint density at radius 1 is 1.06 bits per heavy atom. The van der Waals surface area contributed by atoms with Gasteiger partial charge in [0.15, 0.2) is 5.78 Å². The van der Waals surface area contributed by atoms with Crippen LogP contribution in [0.15, 0.2) is 54.6 Å². The molecule has 1 heterocycles. The molecule has 2 aliphatic rings. The van der Waals surface area contributed by atoms with Crippen LogP contribution in [0.2, 0.25) is 0 Å². The minimum atomic E-state index is -0.833. The molecule has 1 spiro atoms. The van der Waals surface area contributed by atoms with Crippen LogP contribution in [0, 0.1) is 5.92 Å². The van der Waals surface area contributed by atoms with Crippen molar-refractivity contribution in [1.82, 2.24) is 10.2 Å². The number of benzene rings is 2. The highest BCUT2D eigenvalue weighted by molar-refractivity contribution is 6.14. The molecular formula is C25H27N3O4. The van der Waals surface area contributed by atoms with Gasteiger partial charge in [0.2, 0.25) is 5.91 Å². The number of imide groups is 1. The highest BCUT2D eigenvalue weighted by Crippen LogP contribution is 2.38. The van der Waals surface area contributed by atoms with E-state index in [0.29, 0.717) is 23.2 Å². The molecule has 1 aliphatic carbocycles. The Hall–Kier alpha value is -3.48. The van der Waals surface area contributed by atoms with Crippen molar-refractivity contribution < 1.29 is 19.2 Å². The summed E-state index contributed by atoms with van der Waals surface area (Å²) in [6.45, 7) is 1.99. The lowest BCUT2D eigenvalue weighted by molar-refractivity contribution is -0.134. The van der Waals surface area contributed by atoms with E-state index in [4.69, 9.17) is 0 Å². The van der Waals surface area contributed by atoms with E-state index in [1.807, 2.05) is 13.0 Å². The van der Waals surface area contributed by atoms with Gasteiger partial charge in [0.25, 0.3) is 5.91 Å². The predicted molar refractivity (Wildman–Crippen MR) is 120 cm³/mol. The zero-order valence-corrected chi connectivity index (χ0v) is 18.1. The Morgan fingerprint density at radius 3 is 2.53 bits per heavy atom. The van der Waals surface area contributed by atoms with Gasteiger partial charge in [-0.2, -0.15) is 0 Å². The van der Waals surface area contributed by atoms with Crippen LogP contribution >= 0.6 is 0 Å². The standard InChI is InChI=1S/C25H27N3O4/c1-17-9-7-8-15-25(17)23(31)28(24(32)27-25)16-14-21(29)26-20-13-6-5-12-19(20)22(30)18-10-3-2-4-11-18/h2-6,10-13,17H,7-9,14-16H2,1H3,(H,26,29)(H,27,32). The number of urea groups is 1. The van der Waals surface area contributed by atoms with Gasteiger partial charge in [-0.05, 0) is 30.9 Å². The van der Waals surface area contributed by atoms with Crippen molar-refractivity contribution in [3.8, 4) is 0 Å². The first-order valence-corrected chi connectivity index (χ1v) is 11.0. The lowest BCUT2D eigenvalue weighted by Crippen LogP contribution is -2.54. The molecule has 2 unspecified atom stereocenters. The van der Waals surface area contributed by atoms with Crippen LogP contribution in [0.5, 0.6) is 0 Å². The summed E-state index contributed by atoms with van der Waals surface area (Å²) in [5.41, 5.74) is 0.485. The van der Waals surface area contributed by atoms with Crippen LogP contribution in [0.4, 0.5) is 10.5 Å². The van der Waals surface area contributed by atoms with Gasteiger partial charge in [0, 0.05) is 24.1 Å². The zero-order chi connectivity index (χ0) is 22.7. The molecule has 166 valence electrons. The molecule has 2 aromatic rings. The van der Waals surface area contributed by atoms with E-state index in [2.05, 4.69) is 10.6 Å². The lowest BCUT2D eigenvalue weighted by Gasteiger charge is -2.36. The molecule has 1 saturated carbocycles. The van der Waals surface area contributed by atoms with Crippen LogP contribution in [0.3, 0.4) is 0 Å². The molecule has 4 amide bonds. The van der Waals surface area contributed by atoms with Gasteiger partial charge in [-0.25, -0.2) is 4.79 Å². The van der Waals surface area contributed by atoms with Crippen molar-refractivity contribution in [2.24, 2.45) is 5.92 Å². The van der Waals surface area contributed by atoms with Gasteiger partial charge in [-0.15, -0.1) is 0 Å². The maximum absolute atomic E-state index is 13.0. The average molecular weight is 434 g/mol. The van der Waals surface area contributed by atoms with E-state index in [1.54, 1.807) is 48.5 Å². The van der Waals surface area contributed by atoms with Crippen LogP contribution in [-0.4, -0.2) is 40.6 Å². The smallest absolute Gasteiger partial charge is 0.325 e. The molecule has 2 aromatic carbocycles. The Labute approximate surface area is 187 Å². The molecule has 4 rings (SSSR count). The molecule has 0 bridgehead atoms. The maximum Gasteiger partial charge on any atom is 0.325 e. The van der Waals surface area contributed by atoms with Crippen molar-refractivity contribution >= 4 is 29.3 Å². The number of rotatable bonds is 6. The summed E-state index contributed by atoms with van der Waals surface area (Å²) in [6.07, 6.45) is 3.44. The average Bonchev–Trinajstić information content (AvgIpc) is 3.04. The molecule has 32 heavy (non-hydrogen) atoms. The number of carbonyl (C=O) groups excluding carboxylic acids is 4. The normalized spacial score (nSPS) is 22.7. The summed E-state index contributed by atoms with van der Waals surface area (Å²) in [7, 11) is 0. The molecule has 0 aromatic heterocycles. The molecule has 2 atom stereocenters. The highest BCUT2D eigenvalue weighted by atomic mass is 16.2. The largest absolute Gasteiger partial charge is 0.325 e. The van der Waals surface area contributed by atoms with Crippen molar-refractivity contribution in [2.75, 3.05) is 11.9 Å². The second kappa shape index (κ2) is 8.94. The van der Waals surface area contributed by atoms with Gasteiger partial charge in [-0.1, -0.05) is 62.2 Å². The van der Waals surface area contributed by atoms with Crippen LogP contribution < -0.4 is 10.6 Å². The number of anilines is 1. The molecule has 7 heteroatoms. The van der Waals surface area contributed by atoms with Crippen molar-refractivity contribution in [3.05, 3.63) is 65.7 Å². The number of ketones is 1. The number of carbonyl (C=O) groups is 4. The van der Waals surface area contributed by atoms with Crippen LogP contribution in [0.1, 0.15) is 54.9 Å². The van der Waals surface area contributed by atoms with E-state index in [1.165, 1.54) is 0 Å². The third-order valence-electron chi connectivity index (χ3n) is 6.55. The molecule has 2 fully saturated rings. The van der Waals surface area contributed by atoms with Gasteiger partial charge in [0.1, 0.15) is 5.54 Å². The fourth-order valence-corrected chi connectivity index (χ4v) is 4.66. The number of amides is 4. The number of nitrogens with zero attached hydrogens (tertiary/aromatic N) is 1. The number of hydrogen-bond donors (Lipinski definition) is 2. The fraction of sp³-hybridized carbons (Fsp3) is 0.360. The Balaban J connectivity index is 1.42. The van der Waals surface area contributed by atoms with Crippen LogP contribution in [0.25, 0.3) is 0 Å². The third-order valence-corrected chi connectivity index (χ3v) is 6.55. The first-order chi connectivity index (χ1) is 15.4. The van der Waals surface area contributed by atoms with Crippen LogP contribution in [-0.2, 0) is 9.59 Å². The Kier molecular flexibility index (Phi) is 6.08. The van der Waals surface area contributed by atoms with Gasteiger partial charge in [-0.3, -0.25) is 19.3 Å². The highest BCUT2D eigenvalue weighted by Gasteiger charge is 2.54. The topological polar surface area (TPSA) is 95.6 Å². The van der Waals surface area contributed by atoms with Gasteiger partial charge >= 0.3 is 6.03 Å². The number of para-hydroxylation sites is 1. The molecule has 7 nitrogen and oxygen atoms in total. The van der Waals surface area contributed by atoms with Crippen molar-refractivity contribution in [1.29, 1.82) is 0 Å². The predicted octanol–water partition coefficient (Wildman–Crippen LogP) is 3.75. The SMILES string of the molecule is CC1CCCCC12NC(=O)N(CCC(=O)Nc1ccccc1C(=O)c1ccccc1)C2=O. The minimum Gasteiger partial charge on any atom is -0.325 e. The zero-order valence-electron chi connectivity index (χ0n) is 18.1. The van der Waals surface area contributed by atoms with E-state index in [-0.39, 0.29) is 36.5 Å². The third kappa shape index (κ3) is 4.02. The molecule has 1 aliphatic heterocycles. The molecule has 1 saturated heterocycles. The summed E-state index contributed by atoms with van der Waals surface area (Å²) in [4.78, 5) is 52.2. The first kappa shape index (κ1) is 21.7. The Bertz CT molecular complexity index is 1050. The summed E-state index contributed by atoms with van der Waals surface area (Å²) < 4.78 is 0. The second-order valence-corrected chi connectivity index (χ2v) is 8.54. The lowest BCUT2D eigenvalue weighted by atomic mass is 9.73. The molecule has 2 N–H and O–H groups in total. The number of hydrogen-bond acceptors (Lipinski definition) is 4. The molecule has 0 radical (unpaired) electrons. The van der Waals surface area contributed by atoms with E-state index in [9.17, 15) is 19.2 Å². The van der Waals surface area contributed by atoms with Gasteiger partial charge in [0.05, 0.1) is 5.69 Å². The monoisotopic (exact) mass is 433 g/mol. The fourth-order valence-electron chi connectivity index (χ4n) is 4.66. The summed E-state index contributed by atoms with van der Waals surface area (Å²) >= 11 is 0. The summed E-state index contributed by atoms with van der Waals surface area (Å²) in [5.74, 6) is -0.718. The van der Waals surface area contributed by atoms with Gasteiger partial charge < -0.3 is 10.6 Å². The minimum absolute atomic E-state index is 0.000230. The van der Waals surface area contributed by atoms with Crippen molar-refractivity contribution in [2.45, 2.75) is 44.6 Å². The number of nitrogens with one attached hydrogen (secondary N) is 2. The van der Waals surface area contributed by atoms with E-state index < -0.39 is 11.6 Å². The maximum atomic E-state index is 13.0. The van der Waals surface area contributed by atoms with E-state index >= 15 is 0 Å². The van der Waals surface area contributed by atoms with Crippen molar-refractivity contribution in [3.63, 3.8) is 0 Å². The Morgan fingerprint density at radius 2 is 1.78 bits per heavy atom. The quantitative estimate of drug-likeness (QED) is 0.536.